The van der Waals surface area contributed by atoms with E-state index in [-0.39, 0.29) is 59.6 Å². The van der Waals surface area contributed by atoms with Gasteiger partial charge in [0.15, 0.2) is 11.6 Å². The largest absolute Gasteiger partial charge is 2.00 e. The topological polar surface area (TPSA) is 51.2 Å². The van der Waals surface area contributed by atoms with E-state index in [9.17, 15) is 14.4 Å². The maximum atomic E-state index is 11.2. The first-order chi connectivity index (χ1) is 10.7. The molecule has 0 N–H and O–H groups in total. The molecule has 0 heterocycles. The molecule has 0 saturated carbocycles. The Hall–Kier alpha value is -0.485. The van der Waals surface area contributed by atoms with E-state index in [0.717, 1.165) is 24.1 Å². The van der Waals surface area contributed by atoms with Gasteiger partial charge >= 0.3 is 21.1 Å². The minimum absolute atomic E-state index is 0. The first kappa shape index (κ1) is 26.7. The third-order valence-electron chi connectivity index (χ3n) is 3.49. The zero-order valence-corrected chi connectivity index (χ0v) is 20.7. The first-order valence-corrected chi connectivity index (χ1v) is 6.81. The van der Waals surface area contributed by atoms with Crippen LogP contribution in [0.3, 0.4) is 0 Å². The van der Waals surface area contributed by atoms with Crippen LogP contribution < -0.4 is 0 Å². The van der Waals surface area contributed by atoms with Crippen molar-refractivity contribution in [2.45, 2.75) is 33.0 Å². The van der Waals surface area contributed by atoms with Crippen molar-refractivity contribution < 1.29 is 67.9 Å². The molecule has 2 radical (unpaired) electrons. The third kappa shape index (κ3) is 8.16. The first-order valence-electron chi connectivity index (χ1n) is 7.52. The zero-order chi connectivity index (χ0) is 17.6. The van der Waals surface area contributed by atoms with Gasteiger partial charge in [-0.1, -0.05) is 26.8 Å². The van der Waals surface area contributed by atoms with E-state index in [1.807, 2.05) is 24.3 Å². The molecule has 1 aromatic carbocycles. The van der Waals surface area contributed by atoms with E-state index in [1.54, 1.807) is 0 Å². The summed E-state index contributed by atoms with van der Waals surface area (Å²) in [5.41, 5.74) is 2.26. The number of hydrogen-bond acceptors (Lipinski definition) is 3. The number of Topliss-reactive ketones (excluding diaryl/α,β-unsaturated/α-hetero) is 1. The van der Waals surface area contributed by atoms with Crippen molar-refractivity contribution in [3.05, 3.63) is 61.4 Å². The number of ketones is 3. The van der Waals surface area contributed by atoms with Crippen LogP contribution in [0.15, 0.2) is 36.4 Å². The molecule has 1 aromatic rings. The molecule has 25 heavy (non-hydrogen) atoms. The third-order valence-corrected chi connectivity index (χ3v) is 3.49. The molecule has 0 amide bonds. The Bertz CT molecular complexity index is 612. The maximum absolute atomic E-state index is 11.2. The average molecular weight is 733 g/mol. The van der Waals surface area contributed by atoms with Gasteiger partial charge in [-0.2, -0.15) is 24.6 Å². The van der Waals surface area contributed by atoms with Gasteiger partial charge < -0.3 is 11.7 Å². The monoisotopic (exact) mass is 733 g/mol. The van der Waals surface area contributed by atoms with Gasteiger partial charge in [-0.15, -0.1) is 12.1 Å². The van der Waals surface area contributed by atoms with E-state index in [1.165, 1.54) is 12.5 Å². The van der Waals surface area contributed by atoms with E-state index in [0.29, 0.717) is 6.90 Å². The molecule has 1 atom stereocenters. The maximum Gasteiger partial charge on any atom is 2.00 e. The summed E-state index contributed by atoms with van der Waals surface area (Å²) in [4.78, 5) is 33.3. The normalized spacial score (nSPS) is 15.3. The summed E-state index contributed by atoms with van der Waals surface area (Å²) in [5.74, 6) is -2.54. The summed E-state index contributed by atoms with van der Waals surface area (Å²) >= 11 is 0. The molecule has 2 rings (SSSR count). The number of carbonyl (C=O) groups is 3. The van der Waals surface area contributed by atoms with Crippen molar-refractivity contribution in [2.24, 2.45) is 5.92 Å². The quantitative estimate of drug-likeness (QED) is 0.273. The van der Waals surface area contributed by atoms with Gasteiger partial charge in [0.05, 0.1) is 13.8 Å². The molecule has 3 nitrogen and oxygen atoms in total. The smallest absolute Gasteiger partial charge is 0.340 e. The standard InChI is InChI=1S/C9H8BO3.C9H11.CH4.U.W/c1-5(11)9(2,10)8-6(12)3-4-7(8)13;1-3-9-6-4-8(2)5-7-9;;;/h3-4,8H,1H2,2H3;4-7H,2-3H2,1H3;1H4;;/q2*-1;;;+2/i;1D;;;. The SMILES string of the molecule is C.[2H]CCc1ccc([CH2-])cc1.[B]C(C)(C([CH2-])=O)C1C(=O)C=CC1=O.[U].[W+2]. The van der Waals surface area contributed by atoms with Gasteiger partial charge in [-0.3, -0.25) is 9.59 Å². The fraction of sp³-hybridized carbons (Fsp3) is 0.316. The van der Waals surface area contributed by atoms with Crippen molar-refractivity contribution in [2.75, 3.05) is 0 Å². The summed E-state index contributed by atoms with van der Waals surface area (Å²) in [7, 11) is 5.55. The van der Waals surface area contributed by atoms with Crippen LogP contribution >= 0.6 is 0 Å². The molecule has 1 aliphatic carbocycles. The van der Waals surface area contributed by atoms with E-state index in [2.05, 4.69) is 13.8 Å². The second kappa shape index (κ2) is 12.8. The fourth-order valence-electron chi connectivity index (χ4n) is 1.95. The number of hydrogen-bond donors (Lipinski definition) is 0. The molecule has 0 aliphatic heterocycles. The van der Waals surface area contributed by atoms with Gasteiger partial charge in [0.2, 0.25) is 0 Å². The van der Waals surface area contributed by atoms with Crippen LogP contribution in [-0.2, 0) is 41.9 Å². The minimum Gasteiger partial charge on any atom is -0.340 e. The Morgan fingerprint density at radius 1 is 1.24 bits per heavy atom. The van der Waals surface area contributed by atoms with Gasteiger partial charge in [0, 0.05) is 32.5 Å². The van der Waals surface area contributed by atoms with E-state index >= 15 is 0 Å². The summed E-state index contributed by atoms with van der Waals surface area (Å²) in [5, 5.41) is -1.49. The Kier molecular flexibility index (Phi) is 13.7. The van der Waals surface area contributed by atoms with E-state index < -0.39 is 28.6 Å². The second-order valence-corrected chi connectivity index (χ2v) is 5.34. The van der Waals surface area contributed by atoms with Gasteiger partial charge in [0.25, 0.3) is 0 Å². The van der Waals surface area contributed by atoms with Crippen molar-refractivity contribution in [3.63, 3.8) is 0 Å². The molecule has 0 spiro atoms. The molecule has 130 valence electrons. The zero-order valence-electron chi connectivity index (χ0n) is 14.6. The summed E-state index contributed by atoms with van der Waals surface area (Å²) in [6, 6.07) is 8.00. The van der Waals surface area contributed by atoms with Crippen LogP contribution in [0.25, 0.3) is 0 Å². The molecular formula is C19H23BO3UW. The van der Waals surface area contributed by atoms with Crippen molar-refractivity contribution in [1.29, 1.82) is 0 Å². The number of carbonyl (C=O) groups excluding carboxylic acids is 3. The fourth-order valence-corrected chi connectivity index (χ4v) is 1.95. The molecule has 1 aliphatic rings. The minimum atomic E-state index is -1.49. The Balaban J connectivity index is -0.000000374. The van der Waals surface area contributed by atoms with Crippen LogP contribution in [0.1, 0.15) is 33.7 Å². The van der Waals surface area contributed by atoms with Gasteiger partial charge in [-0.05, 0) is 29.7 Å². The predicted octanol–water partition coefficient (Wildman–Crippen LogP) is 3.13. The average Bonchev–Trinajstić information content (AvgIpc) is 2.82. The van der Waals surface area contributed by atoms with Crippen LogP contribution in [-0.4, -0.2) is 25.2 Å². The molecule has 1 unspecified atom stereocenters. The van der Waals surface area contributed by atoms with Crippen LogP contribution in [0.2, 0.25) is 5.31 Å². The number of benzene rings is 1. The van der Waals surface area contributed by atoms with Crippen molar-refractivity contribution >= 4 is 25.2 Å². The molecule has 0 fully saturated rings. The van der Waals surface area contributed by atoms with Gasteiger partial charge in [0.1, 0.15) is 0 Å². The molecule has 0 saturated heterocycles. The van der Waals surface area contributed by atoms with Gasteiger partial charge in [-0.25, -0.2) is 0 Å². The van der Waals surface area contributed by atoms with E-state index in [4.69, 9.17) is 9.22 Å². The van der Waals surface area contributed by atoms with Crippen LogP contribution in [0.5, 0.6) is 0 Å². The molecule has 0 bridgehead atoms. The second-order valence-electron chi connectivity index (χ2n) is 5.34. The van der Waals surface area contributed by atoms with Crippen LogP contribution in [0, 0.1) is 50.9 Å². The number of aryl methyl sites for hydroxylation is 1. The van der Waals surface area contributed by atoms with Crippen LogP contribution in [0.4, 0.5) is 0 Å². The van der Waals surface area contributed by atoms with Crippen molar-refractivity contribution in [1.82, 2.24) is 0 Å². The Morgan fingerprint density at radius 2 is 1.68 bits per heavy atom. The summed E-state index contributed by atoms with van der Waals surface area (Å²) < 4.78 is 6.98. The molecule has 0 aromatic heterocycles. The summed E-state index contributed by atoms with van der Waals surface area (Å²) in [6.45, 7) is 8.71. The number of allylic oxidation sites excluding steroid dienone is 2. The molecule has 6 heteroatoms. The number of rotatable bonds is 3. The predicted molar refractivity (Wildman–Crippen MR) is 94.1 cm³/mol. The Labute approximate surface area is 192 Å². The molecular weight excluding hydrogens is 709 g/mol. The summed E-state index contributed by atoms with van der Waals surface area (Å²) in [6.07, 6.45) is 3.13. The Morgan fingerprint density at radius 3 is 2.04 bits per heavy atom. The van der Waals surface area contributed by atoms with Crippen molar-refractivity contribution in [3.8, 4) is 0 Å².